The summed E-state index contributed by atoms with van der Waals surface area (Å²) in [6, 6.07) is 7.89. The summed E-state index contributed by atoms with van der Waals surface area (Å²) in [4.78, 5) is 12.5. The molecule has 0 aliphatic rings. The van der Waals surface area contributed by atoms with Gasteiger partial charge in [-0.1, -0.05) is 64.7 Å². The van der Waals surface area contributed by atoms with Crippen LogP contribution in [0, 0.1) is 0 Å². The molecule has 0 fully saturated rings. The van der Waals surface area contributed by atoms with E-state index in [0.29, 0.717) is 16.5 Å². The van der Waals surface area contributed by atoms with E-state index in [4.69, 9.17) is 4.42 Å². The fourth-order valence-electron chi connectivity index (χ4n) is 4.23. The molecule has 3 rings (SSSR count). The van der Waals surface area contributed by atoms with Gasteiger partial charge in [0.25, 0.3) is 0 Å². The van der Waals surface area contributed by atoms with Crippen LogP contribution in [0.3, 0.4) is 0 Å². The molecule has 5 heteroatoms. The van der Waals surface area contributed by atoms with Crippen molar-refractivity contribution in [3.8, 4) is 28.4 Å². The molecule has 1 heterocycles. The molecule has 0 amide bonds. The lowest BCUT2D eigenvalue weighted by atomic mass is 9.95. The molecule has 0 aliphatic carbocycles. The van der Waals surface area contributed by atoms with Gasteiger partial charge in [-0.3, -0.25) is 4.79 Å². The SMILES string of the molecule is CCCCCCCCCCCCc1cc(-c2ccc(O)c(O)c2O)c2c(=O)ccoc2c1. The largest absolute Gasteiger partial charge is 0.504 e. The molecule has 172 valence electrons. The first-order chi connectivity index (χ1) is 15.5. The van der Waals surface area contributed by atoms with Gasteiger partial charge in [0, 0.05) is 17.2 Å². The average molecular weight is 439 g/mol. The van der Waals surface area contributed by atoms with Gasteiger partial charge in [0.2, 0.25) is 5.75 Å². The molecule has 3 aromatic rings. The lowest BCUT2D eigenvalue weighted by molar-refractivity contribution is 0.369. The van der Waals surface area contributed by atoms with Crippen LogP contribution >= 0.6 is 0 Å². The maximum Gasteiger partial charge on any atom is 0.200 e. The molecule has 0 bridgehead atoms. The highest BCUT2D eigenvalue weighted by atomic mass is 16.3. The minimum atomic E-state index is -0.601. The van der Waals surface area contributed by atoms with E-state index in [2.05, 4.69) is 6.92 Å². The maximum absolute atomic E-state index is 12.5. The zero-order chi connectivity index (χ0) is 22.9. The first kappa shape index (κ1) is 23.7. The van der Waals surface area contributed by atoms with E-state index in [1.54, 1.807) is 0 Å². The lowest BCUT2D eigenvalue weighted by Crippen LogP contribution is -2.02. The highest BCUT2D eigenvalue weighted by molar-refractivity contribution is 5.96. The van der Waals surface area contributed by atoms with Crippen molar-refractivity contribution in [3.05, 3.63) is 52.4 Å². The van der Waals surface area contributed by atoms with Crippen molar-refractivity contribution in [3.63, 3.8) is 0 Å². The molecule has 0 saturated heterocycles. The normalized spacial score (nSPS) is 11.3. The fraction of sp³-hybridized carbons (Fsp3) is 0.444. The van der Waals surface area contributed by atoms with Crippen LogP contribution in [0.15, 0.2) is 45.8 Å². The van der Waals surface area contributed by atoms with E-state index in [1.165, 1.54) is 75.8 Å². The fourth-order valence-corrected chi connectivity index (χ4v) is 4.23. The number of rotatable bonds is 12. The highest BCUT2D eigenvalue weighted by Gasteiger charge is 2.18. The lowest BCUT2D eigenvalue weighted by Gasteiger charge is -2.12. The van der Waals surface area contributed by atoms with E-state index >= 15 is 0 Å². The van der Waals surface area contributed by atoms with Crippen LogP contribution in [0.25, 0.3) is 22.1 Å². The Bertz CT molecular complexity index is 1080. The number of phenols is 3. The van der Waals surface area contributed by atoms with Crippen molar-refractivity contribution in [2.45, 2.75) is 77.6 Å². The second-order valence-electron chi connectivity index (χ2n) is 8.56. The number of unbranched alkanes of at least 4 members (excludes halogenated alkanes) is 9. The third-order valence-electron chi connectivity index (χ3n) is 6.06. The molecule has 0 atom stereocenters. The zero-order valence-corrected chi connectivity index (χ0v) is 18.9. The Morgan fingerprint density at radius 1 is 0.750 bits per heavy atom. The van der Waals surface area contributed by atoms with E-state index in [-0.39, 0.29) is 11.0 Å². The molecule has 0 aliphatic heterocycles. The smallest absolute Gasteiger partial charge is 0.200 e. The van der Waals surface area contributed by atoms with Crippen molar-refractivity contribution in [1.29, 1.82) is 0 Å². The number of aromatic hydroxyl groups is 3. The van der Waals surface area contributed by atoms with Crippen LogP contribution in [-0.4, -0.2) is 15.3 Å². The Kier molecular flexibility index (Phi) is 8.60. The predicted molar refractivity (Wildman–Crippen MR) is 128 cm³/mol. The number of phenolic OH excluding ortho intramolecular Hbond substituents is 3. The topological polar surface area (TPSA) is 90.9 Å². The van der Waals surface area contributed by atoms with Crippen molar-refractivity contribution >= 4 is 11.0 Å². The molecule has 0 unspecified atom stereocenters. The van der Waals surface area contributed by atoms with Gasteiger partial charge in [-0.25, -0.2) is 0 Å². The summed E-state index contributed by atoms with van der Waals surface area (Å²) < 4.78 is 5.60. The monoisotopic (exact) mass is 438 g/mol. The van der Waals surface area contributed by atoms with E-state index < -0.39 is 17.2 Å². The summed E-state index contributed by atoms with van der Waals surface area (Å²) in [7, 11) is 0. The maximum atomic E-state index is 12.5. The number of hydrogen-bond donors (Lipinski definition) is 3. The molecule has 0 radical (unpaired) electrons. The van der Waals surface area contributed by atoms with Gasteiger partial charge in [0.15, 0.2) is 16.9 Å². The van der Waals surface area contributed by atoms with Crippen LogP contribution in [0.1, 0.15) is 76.7 Å². The Morgan fingerprint density at radius 2 is 1.41 bits per heavy atom. The zero-order valence-electron chi connectivity index (χ0n) is 18.9. The summed E-state index contributed by atoms with van der Waals surface area (Å²) in [5.41, 5.74) is 2.01. The molecule has 2 aromatic carbocycles. The minimum absolute atomic E-state index is 0.223. The quantitative estimate of drug-likeness (QED) is 0.208. The molecule has 1 aromatic heterocycles. The summed E-state index contributed by atoms with van der Waals surface area (Å²) in [5.74, 6) is -1.47. The van der Waals surface area contributed by atoms with Gasteiger partial charge < -0.3 is 19.7 Å². The summed E-state index contributed by atoms with van der Waals surface area (Å²) in [6.07, 6.45) is 14.8. The second-order valence-corrected chi connectivity index (χ2v) is 8.56. The van der Waals surface area contributed by atoms with Crippen molar-refractivity contribution in [2.24, 2.45) is 0 Å². The Morgan fingerprint density at radius 3 is 2.09 bits per heavy atom. The summed E-state index contributed by atoms with van der Waals surface area (Å²) in [6.45, 7) is 2.24. The third kappa shape index (κ3) is 5.84. The highest BCUT2D eigenvalue weighted by Crippen LogP contribution is 2.43. The first-order valence-corrected chi connectivity index (χ1v) is 11.8. The van der Waals surface area contributed by atoms with Gasteiger partial charge in [0.05, 0.1) is 11.6 Å². The van der Waals surface area contributed by atoms with Gasteiger partial charge in [-0.15, -0.1) is 0 Å². The Labute approximate surface area is 189 Å². The van der Waals surface area contributed by atoms with Crippen LogP contribution < -0.4 is 5.43 Å². The summed E-state index contributed by atoms with van der Waals surface area (Å²) >= 11 is 0. The third-order valence-corrected chi connectivity index (χ3v) is 6.06. The molecule has 32 heavy (non-hydrogen) atoms. The van der Waals surface area contributed by atoms with Crippen molar-refractivity contribution < 1.29 is 19.7 Å². The van der Waals surface area contributed by atoms with Crippen molar-refractivity contribution in [1.82, 2.24) is 0 Å². The van der Waals surface area contributed by atoms with Gasteiger partial charge in [-0.2, -0.15) is 0 Å². The van der Waals surface area contributed by atoms with Gasteiger partial charge in [-0.05, 0) is 42.7 Å². The predicted octanol–water partition coefficient (Wildman–Crippen LogP) is 7.04. The number of fused-ring (bicyclic) bond motifs is 1. The second kappa shape index (κ2) is 11.6. The van der Waals surface area contributed by atoms with Crippen LogP contribution in [0.4, 0.5) is 0 Å². The van der Waals surface area contributed by atoms with E-state index in [1.807, 2.05) is 12.1 Å². The molecule has 5 nitrogen and oxygen atoms in total. The number of hydrogen-bond acceptors (Lipinski definition) is 5. The molecular weight excluding hydrogens is 404 g/mol. The Balaban J connectivity index is 1.69. The molecular formula is C27H34O5. The Hall–Kier alpha value is -2.95. The number of benzene rings is 2. The van der Waals surface area contributed by atoms with Gasteiger partial charge >= 0.3 is 0 Å². The van der Waals surface area contributed by atoms with Crippen molar-refractivity contribution in [2.75, 3.05) is 0 Å². The number of aryl methyl sites for hydroxylation is 1. The molecule has 0 spiro atoms. The standard InChI is InChI=1S/C27H34O5/c1-2-3-4-5-6-7-8-9-10-11-12-19-17-21(20-13-14-23(29)27(31)26(20)30)25-22(28)15-16-32-24(25)18-19/h13-18,29-31H,2-12H2,1H3. The first-order valence-electron chi connectivity index (χ1n) is 11.8. The van der Waals surface area contributed by atoms with Crippen LogP contribution in [0.2, 0.25) is 0 Å². The van der Waals surface area contributed by atoms with Crippen LogP contribution in [-0.2, 0) is 6.42 Å². The van der Waals surface area contributed by atoms with E-state index in [9.17, 15) is 20.1 Å². The summed E-state index contributed by atoms with van der Waals surface area (Å²) in [5, 5.41) is 30.4. The average Bonchev–Trinajstić information content (AvgIpc) is 2.78. The molecule has 0 saturated carbocycles. The van der Waals surface area contributed by atoms with E-state index in [0.717, 1.165) is 24.8 Å². The van der Waals surface area contributed by atoms with Crippen LogP contribution in [0.5, 0.6) is 17.2 Å². The van der Waals surface area contributed by atoms with Gasteiger partial charge in [0.1, 0.15) is 5.58 Å². The minimum Gasteiger partial charge on any atom is -0.504 e. The molecule has 3 N–H and O–H groups in total.